The highest BCUT2D eigenvalue weighted by atomic mass is 16.2. The first-order valence-electron chi connectivity index (χ1n) is 6.27. The standard InChI is InChI=1S/C15H18N2O2/c1-15(2,3)9-13(18)12-10-16-17(14(12)19)11-7-5-4-6-8-11/h4-8,10,16H,9H2,1-3H3. The number of rotatable bonds is 3. The summed E-state index contributed by atoms with van der Waals surface area (Å²) in [6, 6.07) is 9.20. The van der Waals surface area contributed by atoms with E-state index in [0.29, 0.717) is 6.42 Å². The van der Waals surface area contributed by atoms with Gasteiger partial charge < -0.3 is 0 Å². The van der Waals surface area contributed by atoms with E-state index < -0.39 is 0 Å². The zero-order valence-corrected chi connectivity index (χ0v) is 11.4. The van der Waals surface area contributed by atoms with Crippen LogP contribution in [-0.4, -0.2) is 15.6 Å². The Labute approximate surface area is 112 Å². The fourth-order valence-corrected chi connectivity index (χ4v) is 1.92. The van der Waals surface area contributed by atoms with E-state index in [2.05, 4.69) is 5.10 Å². The maximum absolute atomic E-state index is 12.2. The van der Waals surface area contributed by atoms with Crippen LogP contribution in [0.4, 0.5) is 0 Å². The Morgan fingerprint density at radius 3 is 2.42 bits per heavy atom. The van der Waals surface area contributed by atoms with Crippen LogP contribution in [0.1, 0.15) is 37.6 Å². The lowest BCUT2D eigenvalue weighted by atomic mass is 9.88. The van der Waals surface area contributed by atoms with Gasteiger partial charge in [0.1, 0.15) is 5.56 Å². The van der Waals surface area contributed by atoms with Crippen molar-refractivity contribution < 1.29 is 4.79 Å². The molecule has 100 valence electrons. The van der Waals surface area contributed by atoms with Crippen LogP contribution < -0.4 is 5.56 Å². The molecule has 1 aromatic heterocycles. The van der Waals surface area contributed by atoms with Gasteiger partial charge in [-0.05, 0) is 17.5 Å². The molecule has 1 heterocycles. The maximum Gasteiger partial charge on any atom is 0.282 e. The quantitative estimate of drug-likeness (QED) is 0.861. The minimum absolute atomic E-state index is 0.122. The van der Waals surface area contributed by atoms with Crippen molar-refractivity contribution in [3.05, 3.63) is 52.4 Å². The number of nitrogens with zero attached hydrogens (tertiary/aromatic N) is 1. The fourth-order valence-electron chi connectivity index (χ4n) is 1.92. The Kier molecular flexibility index (Phi) is 3.42. The number of hydrogen-bond acceptors (Lipinski definition) is 2. The SMILES string of the molecule is CC(C)(C)CC(=O)c1c[nH]n(-c2ccccc2)c1=O. The number of nitrogens with one attached hydrogen (secondary N) is 1. The monoisotopic (exact) mass is 258 g/mol. The maximum atomic E-state index is 12.2. The van der Waals surface area contributed by atoms with Crippen LogP contribution in [0.5, 0.6) is 0 Å². The van der Waals surface area contributed by atoms with E-state index in [-0.39, 0.29) is 22.3 Å². The zero-order chi connectivity index (χ0) is 14.0. The summed E-state index contributed by atoms with van der Waals surface area (Å²) in [5, 5.41) is 2.84. The summed E-state index contributed by atoms with van der Waals surface area (Å²) < 4.78 is 1.38. The molecule has 0 fully saturated rings. The van der Waals surface area contributed by atoms with Crippen molar-refractivity contribution >= 4 is 5.78 Å². The van der Waals surface area contributed by atoms with Gasteiger partial charge in [0.25, 0.3) is 5.56 Å². The molecule has 0 aliphatic heterocycles. The summed E-state index contributed by atoms with van der Waals surface area (Å²) in [5.41, 5.74) is 0.528. The molecule has 0 spiro atoms. The molecule has 0 saturated heterocycles. The van der Waals surface area contributed by atoms with E-state index in [0.717, 1.165) is 5.69 Å². The molecule has 0 aliphatic carbocycles. The average molecular weight is 258 g/mol. The number of aromatic amines is 1. The van der Waals surface area contributed by atoms with Gasteiger partial charge in [0, 0.05) is 12.6 Å². The molecule has 0 unspecified atom stereocenters. The first-order chi connectivity index (χ1) is 8.88. The number of carbonyl (C=O) groups excluding carboxylic acids is 1. The van der Waals surface area contributed by atoms with Gasteiger partial charge in [-0.2, -0.15) is 0 Å². The van der Waals surface area contributed by atoms with E-state index in [1.807, 2.05) is 51.1 Å². The summed E-state index contributed by atoms with van der Waals surface area (Å²) in [7, 11) is 0. The minimum Gasteiger partial charge on any atom is -0.297 e. The number of benzene rings is 1. The van der Waals surface area contributed by atoms with Crippen LogP contribution in [0.3, 0.4) is 0 Å². The average Bonchev–Trinajstić information content (AvgIpc) is 2.70. The molecule has 4 nitrogen and oxygen atoms in total. The second-order valence-corrected chi connectivity index (χ2v) is 5.82. The highest BCUT2D eigenvalue weighted by Crippen LogP contribution is 2.20. The molecule has 2 aromatic rings. The third kappa shape index (κ3) is 3.02. The molecule has 4 heteroatoms. The van der Waals surface area contributed by atoms with Crippen LogP contribution in [0, 0.1) is 5.41 Å². The fraction of sp³-hybridized carbons (Fsp3) is 0.333. The summed E-state index contributed by atoms with van der Waals surface area (Å²) in [5.74, 6) is -0.122. The topological polar surface area (TPSA) is 54.9 Å². The number of aromatic nitrogens is 2. The molecule has 1 N–H and O–H groups in total. The van der Waals surface area contributed by atoms with Crippen molar-refractivity contribution in [1.82, 2.24) is 9.78 Å². The first kappa shape index (κ1) is 13.3. The Hall–Kier alpha value is -2.10. The van der Waals surface area contributed by atoms with Gasteiger partial charge in [-0.25, -0.2) is 4.68 Å². The number of Topliss-reactive ketones (excluding diaryl/α,β-unsaturated/α-hetero) is 1. The smallest absolute Gasteiger partial charge is 0.282 e. The van der Waals surface area contributed by atoms with Gasteiger partial charge in [0.15, 0.2) is 5.78 Å². The van der Waals surface area contributed by atoms with Crippen molar-refractivity contribution in [2.45, 2.75) is 27.2 Å². The Morgan fingerprint density at radius 1 is 1.21 bits per heavy atom. The minimum atomic E-state index is -0.291. The lowest BCUT2D eigenvalue weighted by molar-refractivity contribution is 0.0939. The highest BCUT2D eigenvalue weighted by molar-refractivity contribution is 5.95. The summed E-state index contributed by atoms with van der Waals surface area (Å²) in [6.45, 7) is 5.94. The number of ketones is 1. The van der Waals surface area contributed by atoms with Crippen LogP contribution >= 0.6 is 0 Å². The van der Waals surface area contributed by atoms with Gasteiger partial charge in [-0.1, -0.05) is 39.0 Å². The highest BCUT2D eigenvalue weighted by Gasteiger charge is 2.21. The van der Waals surface area contributed by atoms with Crippen molar-refractivity contribution in [2.75, 3.05) is 0 Å². The van der Waals surface area contributed by atoms with Gasteiger partial charge in [0.2, 0.25) is 0 Å². The normalized spacial score (nSPS) is 11.5. The molecule has 0 atom stereocenters. The predicted molar refractivity (Wildman–Crippen MR) is 74.8 cm³/mol. The van der Waals surface area contributed by atoms with Gasteiger partial charge >= 0.3 is 0 Å². The van der Waals surface area contributed by atoms with Gasteiger partial charge in [0.05, 0.1) is 5.69 Å². The van der Waals surface area contributed by atoms with Gasteiger partial charge in [-0.3, -0.25) is 14.7 Å². The Morgan fingerprint density at radius 2 is 1.84 bits per heavy atom. The number of para-hydroxylation sites is 1. The molecule has 19 heavy (non-hydrogen) atoms. The van der Waals surface area contributed by atoms with Crippen molar-refractivity contribution in [2.24, 2.45) is 5.41 Å². The third-order valence-corrected chi connectivity index (χ3v) is 2.78. The van der Waals surface area contributed by atoms with E-state index in [4.69, 9.17) is 0 Å². The van der Waals surface area contributed by atoms with Crippen molar-refractivity contribution in [3.8, 4) is 5.69 Å². The number of hydrogen-bond donors (Lipinski definition) is 1. The number of H-pyrrole nitrogens is 1. The Balaban J connectivity index is 2.35. The summed E-state index contributed by atoms with van der Waals surface area (Å²) in [4.78, 5) is 24.3. The van der Waals surface area contributed by atoms with Crippen LogP contribution in [-0.2, 0) is 0 Å². The van der Waals surface area contributed by atoms with Crippen molar-refractivity contribution in [1.29, 1.82) is 0 Å². The second-order valence-electron chi connectivity index (χ2n) is 5.82. The molecule has 0 amide bonds. The molecule has 0 saturated carbocycles. The van der Waals surface area contributed by atoms with Gasteiger partial charge in [-0.15, -0.1) is 0 Å². The number of carbonyl (C=O) groups is 1. The largest absolute Gasteiger partial charge is 0.297 e. The first-order valence-corrected chi connectivity index (χ1v) is 6.27. The lowest BCUT2D eigenvalue weighted by Gasteiger charge is -2.15. The lowest BCUT2D eigenvalue weighted by Crippen LogP contribution is -2.22. The summed E-state index contributed by atoms with van der Waals surface area (Å²) >= 11 is 0. The predicted octanol–water partition coefficient (Wildman–Crippen LogP) is 2.78. The molecule has 0 bridgehead atoms. The molecule has 2 rings (SSSR count). The molecular formula is C15H18N2O2. The van der Waals surface area contributed by atoms with E-state index in [9.17, 15) is 9.59 Å². The van der Waals surface area contributed by atoms with Crippen molar-refractivity contribution in [3.63, 3.8) is 0 Å². The van der Waals surface area contributed by atoms with E-state index in [1.165, 1.54) is 10.9 Å². The molecular weight excluding hydrogens is 240 g/mol. The second kappa shape index (κ2) is 4.88. The van der Waals surface area contributed by atoms with Crippen LogP contribution in [0.25, 0.3) is 5.69 Å². The Bertz CT molecular complexity index is 630. The zero-order valence-electron chi connectivity index (χ0n) is 11.4. The molecule has 0 aliphatic rings. The van der Waals surface area contributed by atoms with E-state index >= 15 is 0 Å². The van der Waals surface area contributed by atoms with Crippen LogP contribution in [0.2, 0.25) is 0 Å². The summed E-state index contributed by atoms with van der Waals surface area (Å²) in [6.07, 6.45) is 1.85. The van der Waals surface area contributed by atoms with E-state index in [1.54, 1.807) is 0 Å². The van der Waals surface area contributed by atoms with Crippen LogP contribution in [0.15, 0.2) is 41.3 Å². The third-order valence-electron chi connectivity index (χ3n) is 2.78. The molecule has 0 radical (unpaired) electrons. The molecule has 1 aromatic carbocycles.